The van der Waals surface area contributed by atoms with Crippen molar-refractivity contribution >= 4 is 0 Å². The van der Waals surface area contributed by atoms with Crippen molar-refractivity contribution in [3.05, 3.63) is 36.1 Å². The number of hydrogen-bond donors (Lipinski definition) is 0. The van der Waals surface area contributed by atoms with Gasteiger partial charge >= 0.3 is 0 Å². The van der Waals surface area contributed by atoms with Gasteiger partial charge in [0, 0.05) is 23.9 Å². The molecule has 0 N–H and O–H groups in total. The van der Waals surface area contributed by atoms with E-state index in [4.69, 9.17) is 0 Å². The van der Waals surface area contributed by atoms with Crippen LogP contribution in [0, 0.1) is 25.3 Å². The van der Waals surface area contributed by atoms with Gasteiger partial charge in [-0.1, -0.05) is 12.0 Å². The van der Waals surface area contributed by atoms with Gasteiger partial charge < -0.3 is 4.57 Å². The first kappa shape index (κ1) is 12.1. The van der Waals surface area contributed by atoms with Crippen LogP contribution in [-0.2, 0) is 17.4 Å². The zero-order valence-corrected chi connectivity index (χ0v) is 9.44. The van der Waals surface area contributed by atoms with Crippen molar-refractivity contribution in [2.75, 3.05) is 0 Å². The zero-order valence-electron chi connectivity index (χ0n) is 8.16. The largest absolute Gasteiger partial charge is 0.323 e. The van der Waals surface area contributed by atoms with Crippen LogP contribution < -0.4 is 4.57 Å². The van der Waals surface area contributed by atoms with E-state index in [1.54, 1.807) is 0 Å². The quantitative estimate of drug-likeness (QED) is 0.378. The third-order valence-electron chi connectivity index (χ3n) is 1.66. The Hall–Kier alpha value is -0.888. The predicted molar refractivity (Wildman–Crippen MR) is 49.3 cm³/mol. The minimum Gasteiger partial charge on any atom is -0.323 e. The summed E-state index contributed by atoms with van der Waals surface area (Å²) in [6.45, 7) is 7.93. The number of hydrogen-bond acceptors (Lipinski definition) is 0. The van der Waals surface area contributed by atoms with Gasteiger partial charge in [0.25, 0.3) is 0 Å². The fraction of sp³-hybridized carbons (Fsp3) is 0.273. The molecule has 0 saturated carbocycles. The average molecular weight is 211 g/mol. The molecular formula is C11H13CrN. The Morgan fingerprint density at radius 1 is 1.38 bits per heavy atom. The van der Waals surface area contributed by atoms with Gasteiger partial charge in [-0.15, -0.1) is 5.92 Å². The second kappa shape index (κ2) is 5.71. The standard InChI is InChI=1S/C11H13N.Cr/c1-4-6-11-8-7-10(3)9-12(11)5-2;/h5,7-9H,1-3H3;. The van der Waals surface area contributed by atoms with E-state index in [-0.39, 0.29) is 17.4 Å². The molecule has 0 aliphatic carbocycles. The molecule has 0 bridgehead atoms. The maximum atomic E-state index is 3.04. The molecule has 1 aromatic heterocycles. The molecule has 0 spiro atoms. The number of pyridine rings is 1. The normalized spacial score (nSPS) is 7.92. The second-order valence-electron chi connectivity index (χ2n) is 2.63. The van der Waals surface area contributed by atoms with Gasteiger partial charge in [0.15, 0.2) is 5.69 Å². The van der Waals surface area contributed by atoms with Gasteiger partial charge in [-0.3, -0.25) is 0 Å². The molecule has 68 valence electrons. The average Bonchev–Trinajstić information content (AvgIpc) is 2.08. The molecule has 13 heavy (non-hydrogen) atoms. The van der Waals surface area contributed by atoms with Crippen molar-refractivity contribution in [2.45, 2.75) is 20.8 Å². The summed E-state index contributed by atoms with van der Waals surface area (Å²) in [5.41, 5.74) is 2.28. The first-order chi connectivity index (χ1) is 5.77. The Bertz CT molecular complexity index is 334. The topological polar surface area (TPSA) is 3.88 Å². The predicted octanol–water partition coefficient (Wildman–Crippen LogP) is 1.68. The molecule has 1 rings (SSSR count). The molecule has 0 saturated heterocycles. The Kier molecular flexibility index (Phi) is 5.32. The molecular weight excluding hydrogens is 198 g/mol. The zero-order chi connectivity index (χ0) is 8.97. The summed E-state index contributed by atoms with van der Waals surface area (Å²) in [5.74, 6) is 5.92. The molecule has 0 aliphatic rings. The summed E-state index contributed by atoms with van der Waals surface area (Å²) in [4.78, 5) is 0. The minimum atomic E-state index is 0. The Morgan fingerprint density at radius 2 is 2.08 bits per heavy atom. The Morgan fingerprint density at radius 3 is 2.62 bits per heavy atom. The molecule has 0 unspecified atom stereocenters. The van der Waals surface area contributed by atoms with E-state index in [1.165, 1.54) is 5.56 Å². The van der Waals surface area contributed by atoms with Crippen molar-refractivity contribution in [3.63, 3.8) is 0 Å². The van der Waals surface area contributed by atoms with Gasteiger partial charge in [-0.25, -0.2) is 0 Å². The van der Waals surface area contributed by atoms with Crippen molar-refractivity contribution in [3.8, 4) is 11.8 Å². The molecule has 0 amide bonds. The third kappa shape index (κ3) is 3.15. The number of aryl methyl sites for hydroxylation is 1. The van der Waals surface area contributed by atoms with E-state index in [2.05, 4.69) is 31.0 Å². The molecule has 1 nitrogen and oxygen atoms in total. The number of rotatable bonds is 1. The Balaban J connectivity index is 0.00000144. The van der Waals surface area contributed by atoms with Crippen molar-refractivity contribution in [1.82, 2.24) is 0 Å². The summed E-state index contributed by atoms with van der Waals surface area (Å²) < 4.78 is 2.03. The van der Waals surface area contributed by atoms with Crippen LogP contribution in [-0.4, -0.2) is 0 Å². The van der Waals surface area contributed by atoms with Crippen LogP contribution in [0.4, 0.5) is 0 Å². The molecule has 0 aromatic carbocycles. The van der Waals surface area contributed by atoms with Crippen molar-refractivity contribution < 1.29 is 21.9 Å². The van der Waals surface area contributed by atoms with Crippen molar-refractivity contribution in [1.29, 1.82) is 0 Å². The maximum absolute atomic E-state index is 3.04. The van der Waals surface area contributed by atoms with Crippen LogP contribution in [0.15, 0.2) is 18.3 Å². The minimum absolute atomic E-state index is 0. The maximum Gasteiger partial charge on any atom is 0.155 e. The molecule has 0 aliphatic heterocycles. The monoisotopic (exact) mass is 211 g/mol. The fourth-order valence-corrected chi connectivity index (χ4v) is 1.08. The molecule has 1 heterocycles. The van der Waals surface area contributed by atoms with Crippen molar-refractivity contribution in [2.24, 2.45) is 0 Å². The van der Waals surface area contributed by atoms with E-state index in [0.717, 1.165) is 5.69 Å². The van der Waals surface area contributed by atoms with Gasteiger partial charge in [0.05, 0.1) is 6.20 Å². The van der Waals surface area contributed by atoms with E-state index >= 15 is 0 Å². The first-order valence-corrected chi connectivity index (χ1v) is 4.02. The van der Waals surface area contributed by atoms with E-state index in [9.17, 15) is 0 Å². The van der Waals surface area contributed by atoms with E-state index in [1.807, 2.05) is 31.0 Å². The first-order valence-electron chi connectivity index (χ1n) is 4.02. The van der Waals surface area contributed by atoms with Gasteiger partial charge in [0.2, 0.25) is 0 Å². The van der Waals surface area contributed by atoms with Crippen LogP contribution in [0.2, 0.25) is 0 Å². The molecule has 0 radical (unpaired) electrons. The SMILES string of the molecule is CC#Cc1ccc(C)c[n+]1[CH-]C.[Cr]. The van der Waals surface area contributed by atoms with Crippen LogP contribution >= 0.6 is 0 Å². The summed E-state index contributed by atoms with van der Waals surface area (Å²) in [6, 6.07) is 4.10. The summed E-state index contributed by atoms with van der Waals surface area (Å²) in [5, 5.41) is 0. The molecule has 1 aromatic rings. The van der Waals surface area contributed by atoms with Crippen LogP contribution in [0.5, 0.6) is 0 Å². The number of aromatic nitrogens is 1. The number of nitrogens with zero attached hydrogens (tertiary/aromatic N) is 1. The Labute approximate surface area is 90.9 Å². The van der Waals surface area contributed by atoms with Crippen LogP contribution in [0.25, 0.3) is 0 Å². The third-order valence-corrected chi connectivity index (χ3v) is 1.66. The van der Waals surface area contributed by atoms with E-state index < -0.39 is 0 Å². The second-order valence-corrected chi connectivity index (χ2v) is 2.63. The van der Waals surface area contributed by atoms with Crippen LogP contribution in [0.3, 0.4) is 0 Å². The van der Waals surface area contributed by atoms with Gasteiger partial charge in [0.1, 0.15) is 0 Å². The van der Waals surface area contributed by atoms with E-state index in [0.29, 0.717) is 0 Å². The molecule has 0 fully saturated rings. The summed E-state index contributed by atoms with van der Waals surface area (Å²) in [7, 11) is 0. The molecule has 0 atom stereocenters. The van der Waals surface area contributed by atoms with Gasteiger partial charge in [-0.2, -0.15) is 0 Å². The molecule has 2 heteroatoms. The fourth-order valence-electron chi connectivity index (χ4n) is 1.08. The van der Waals surface area contributed by atoms with Gasteiger partial charge in [-0.05, 0) is 32.4 Å². The summed E-state index contributed by atoms with van der Waals surface area (Å²) in [6.07, 6.45) is 2.07. The van der Waals surface area contributed by atoms with Crippen LogP contribution in [0.1, 0.15) is 25.1 Å². The summed E-state index contributed by atoms with van der Waals surface area (Å²) >= 11 is 0. The smallest absolute Gasteiger partial charge is 0.155 e.